The zero-order valence-corrected chi connectivity index (χ0v) is 10.3. The lowest BCUT2D eigenvalue weighted by molar-refractivity contribution is 0.373. The number of nitrogens with one attached hydrogen (secondary N) is 2. The molecule has 2 N–H and O–H groups in total. The van der Waals surface area contributed by atoms with Crippen molar-refractivity contribution in [3.05, 3.63) is 30.4 Å². The largest absolute Gasteiger partial charge is 0.316 e. The van der Waals surface area contributed by atoms with Gasteiger partial charge in [0.15, 0.2) is 0 Å². The SMILES string of the molecule is c1cc(-c2cncc(CC3CCCNC3)n2)[nH]n1. The molecule has 3 rings (SSSR count). The lowest BCUT2D eigenvalue weighted by Gasteiger charge is -2.22. The third kappa shape index (κ3) is 2.56. The summed E-state index contributed by atoms with van der Waals surface area (Å²) in [7, 11) is 0. The van der Waals surface area contributed by atoms with Gasteiger partial charge >= 0.3 is 0 Å². The maximum absolute atomic E-state index is 4.65. The molecule has 1 atom stereocenters. The van der Waals surface area contributed by atoms with Gasteiger partial charge in [-0.15, -0.1) is 0 Å². The summed E-state index contributed by atoms with van der Waals surface area (Å²) in [6.07, 6.45) is 8.92. The molecular formula is C13H17N5. The third-order valence-electron chi connectivity index (χ3n) is 3.36. The summed E-state index contributed by atoms with van der Waals surface area (Å²) in [5.74, 6) is 0.685. The minimum atomic E-state index is 0.685. The van der Waals surface area contributed by atoms with Crippen molar-refractivity contribution in [3.8, 4) is 11.4 Å². The summed E-state index contributed by atoms with van der Waals surface area (Å²) in [6, 6.07) is 1.91. The molecule has 0 radical (unpaired) electrons. The lowest BCUT2D eigenvalue weighted by atomic mass is 9.95. The fourth-order valence-electron chi connectivity index (χ4n) is 2.43. The average Bonchev–Trinajstić information content (AvgIpc) is 2.94. The zero-order valence-electron chi connectivity index (χ0n) is 10.3. The summed E-state index contributed by atoms with van der Waals surface area (Å²) in [6.45, 7) is 2.24. The molecule has 94 valence electrons. The second-order valence-corrected chi connectivity index (χ2v) is 4.78. The Kier molecular flexibility index (Phi) is 3.32. The number of piperidine rings is 1. The van der Waals surface area contributed by atoms with Gasteiger partial charge in [0.25, 0.3) is 0 Å². The second-order valence-electron chi connectivity index (χ2n) is 4.78. The van der Waals surface area contributed by atoms with Crippen LogP contribution in [0.1, 0.15) is 18.5 Å². The predicted octanol–water partition coefficient (Wildman–Crippen LogP) is 1.41. The van der Waals surface area contributed by atoms with Crippen molar-refractivity contribution in [2.75, 3.05) is 13.1 Å². The second kappa shape index (κ2) is 5.27. The minimum Gasteiger partial charge on any atom is -0.316 e. The molecule has 1 aliphatic heterocycles. The van der Waals surface area contributed by atoms with Gasteiger partial charge in [-0.2, -0.15) is 5.10 Å². The summed E-state index contributed by atoms with van der Waals surface area (Å²) >= 11 is 0. The highest BCUT2D eigenvalue weighted by molar-refractivity contribution is 5.51. The van der Waals surface area contributed by atoms with Gasteiger partial charge in [-0.25, -0.2) is 4.98 Å². The highest BCUT2D eigenvalue weighted by Gasteiger charge is 2.14. The fourth-order valence-corrected chi connectivity index (χ4v) is 2.43. The molecular weight excluding hydrogens is 226 g/mol. The standard InChI is InChI=1S/C13H17N5/c1-2-10(7-14-4-1)6-11-8-15-9-13(17-11)12-3-5-16-18-12/h3,5,8-10,14H,1-2,4,6-7H2,(H,16,18). The fraction of sp³-hybridized carbons (Fsp3) is 0.462. The molecule has 1 aliphatic rings. The highest BCUT2D eigenvalue weighted by atomic mass is 15.1. The van der Waals surface area contributed by atoms with Crippen molar-refractivity contribution >= 4 is 0 Å². The van der Waals surface area contributed by atoms with Crippen LogP contribution >= 0.6 is 0 Å². The maximum atomic E-state index is 4.65. The van der Waals surface area contributed by atoms with Crippen molar-refractivity contribution in [1.82, 2.24) is 25.5 Å². The van der Waals surface area contributed by atoms with Crippen LogP contribution in [0.3, 0.4) is 0 Å². The van der Waals surface area contributed by atoms with Crippen LogP contribution in [0.15, 0.2) is 24.7 Å². The topological polar surface area (TPSA) is 66.5 Å². The van der Waals surface area contributed by atoms with Crippen LogP contribution in [0.5, 0.6) is 0 Å². The summed E-state index contributed by atoms with van der Waals surface area (Å²) < 4.78 is 0. The number of H-pyrrole nitrogens is 1. The minimum absolute atomic E-state index is 0.685. The van der Waals surface area contributed by atoms with Crippen molar-refractivity contribution in [2.24, 2.45) is 5.92 Å². The van der Waals surface area contributed by atoms with Gasteiger partial charge in [0, 0.05) is 12.4 Å². The predicted molar refractivity (Wildman–Crippen MR) is 68.9 cm³/mol. The van der Waals surface area contributed by atoms with E-state index in [0.717, 1.165) is 36.6 Å². The molecule has 0 aliphatic carbocycles. The molecule has 5 heteroatoms. The Morgan fingerprint density at radius 1 is 1.33 bits per heavy atom. The Morgan fingerprint density at radius 2 is 2.33 bits per heavy atom. The van der Waals surface area contributed by atoms with E-state index in [1.54, 1.807) is 12.4 Å². The first-order chi connectivity index (χ1) is 8.92. The number of aromatic amines is 1. The monoisotopic (exact) mass is 243 g/mol. The van der Waals surface area contributed by atoms with Crippen molar-refractivity contribution in [2.45, 2.75) is 19.3 Å². The number of hydrogen-bond donors (Lipinski definition) is 2. The first kappa shape index (κ1) is 11.3. The van der Waals surface area contributed by atoms with E-state index in [2.05, 4.69) is 25.5 Å². The van der Waals surface area contributed by atoms with Gasteiger partial charge < -0.3 is 5.32 Å². The van der Waals surface area contributed by atoms with E-state index in [9.17, 15) is 0 Å². The molecule has 1 saturated heterocycles. The number of nitrogens with zero attached hydrogens (tertiary/aromatic N) is 3. The first-order valence-electron chi connectivity index (χ1n) is 6.43. The van der Waals surface area contributed by atoms with Gasteiger partial charge in [0.1, 0.15) is 5.69 Å². The third-order valence-corrected chi connectivity index (χ3v) is 3.36. The molecule has 0 bridgehead atoms. The Bertz CT molecular complexity index is 488. The smallest absolute Gasteiger partial charge is 0.107 e. The Labute approximate surface area is 106 Å². The molecule has 18 heavy (non-hydrogen) atoms. The van der Waals surface area contributed by atoms with E-state index in [4.69, 9.17) is 0 Å². The van der Waals surface area contributed by atoms with E-state index in [-0.39, 0.29) is 0 Å². The van der Waals surface area contributed by atoms with E-state index < -0.39 is 0 Å². The van der Waals surface area contributed by atoms with E-state index in [1.165, 1.54) is 12.8 Å². The molecule has 2 aromatic rings. The Hall–Kier alpha value is -1.75. The van der Waals surface area contributed by atoms with Gasteiger partial charge in [-0.1, -0.05) is 0 Å². The lowest BCUT2D eigenvalue weighted by Crippen LogP contribution is -2.31. The number of rotatable bonds is 3. The van der Waals surface area contributed by atoms with Crippen LogP contribution < -0.4 is 5.32 Å². The van der Waals surface area contributed by atoms with Crippen LogP contribution in [0, 0.1) is 5.92 Å². The van der Waals surface area contributed by atoms with Crippen molar-refractivity contribution in [1.29, 1.82) is 0 Å². The van der Waals surface area contributed by atoms with E-state index in [0.29, 0.717) is 5.92 Å². The molecule has 2 aromatic heterocycles. The van der Waals surface area contributed by atoms with Crippen LogP contribution in [-0.2, 0) is 6.42 Å². The molecule has 0 amide bonds. The molecule has 0 saturated carbocycles. The molecule has 1 fully saturated rings. The quantitative estimate of drug-likeness (QED) is 0.855. The van der Waals surface area contributed by atoms with Gasteiger partial charge in [-0.05, 0) is 44.3 Å². The van der Waals surface area contributed by atoms with Crippen LogP contribution in [0.2, 0.25) is 0 Å². The summed E-state index contributed by atoms with van der Waals surface area (Å²) in [4.78, 5) is 8.92. The molecule has 0 spiro atoms. The van der Waals surface area contributed by atoms with Gasteiger partial charge in [-0.3, -0.25) is 10.1 Å². The van der Waals surface area contributed by atoms with Crippen LogP contribution in [-0.4, -0.2) is 33.3 Å². The van der Waals surface area contributed by atoms with Crippen molar-refractivity contribution in [3.63, 3.8) is 0 Å². The van der Waals surface area contributed by atoms with Gasteiger partial charge in [0.05, 0.1) is 17.6 Å². The number of aromatic nitrogens is 4. The number of hydrogen-bond acceptors (Lipinski definition) is 4. The van der Waals surface area contributed by atoms with Crippen LogP contribution in [0.25, 0.3) is 11.4 Å². The maximum Gasteiger partial charge on any atom is 0.107 e. The highest BCUT2D eigenvalue weighted by Crippen LogP contribution is 2.17. The zero-order chi connectivity index (χ0) is 12.2. The summed E-state index contributed by atoms with van der Waals surface area (Å²) in [5.41, 5.74) is 2.86. The Morgan fingerprint density at radius 3 is 3.11 bits per heavy atom. The molecule has 3 heterocycles. The van der Waals surface area contributed by atoms with E-state index >= 15 is 0 Å². The molecule has 1 unspecified atom stereocenters. The normalized spacial score (nSPS) is 19.9. The average molecular weight is 243 g/mol. The van der Waals surface area contributed by atoms with Gasteiger partial charge in [0.2, 0.25) is 0 Å². The van der Waals surface area contributed by atoms with Crippen molar-refractivity contribution < 1.29 is 0 Å². The molecule has 5 nitrogen and oxygen atoms in total. The molecule has 0 aromatic carbocycles. The first-order valence-corrected chi connectivity index (χ1v) is 6.43. The van der Waals surface area contributed by atoms with Crippen LogP contribution in [0.4, 0.5) is 0 Å². The summed E-state index contributed by atoms with van der Waals surface area (Å²) in [5, 5.41) is 10.3. The Balaban J connectivity index is 1.74. The van der Waals surface area contributed by atoms with E-state index in [1.807, 2.05) is 12.3 Å².